The summed E-state index contributed by atoms with van der Waals surface area (Å²) in [4.78, 5) is 15.6. The molecule has 0 aromatic heterocycles. The first-order chi connectivity index (χ1) is 13.1. The number of carbonyl (C=O) groups excluding carboxylic acids is 1. The summed E-state index contributed by atoms with van der Waals surface area (Å²) in [5.74, 6) is 1.63. The first-order valence-corrected chi connectivity index (χ1v) is 9.19. The number of anilines is 1. The van der Waals surface area contributed by atoms with Gasteiger partial charge in [0.2, 0.25) is 5.91 Å². The van der Waals surface area contributed by atoms with Gasteiger partial charge in [0.15, 0.2) is 5.96 Å². The number of fused-ring (bicyclic) bond motifs is 1. The topological polar surface area (TPSA) is 74.8 Å². The molecule has 1 aliphatic heterocycles. The number of nitrogens with one attached hydrogen (secondary N) is 3. The Morgan fingerprint density at radius 3 is 2.74 bits per heavy atom. The van der Waals surface area contributed by atoms with E-state index in [0.717, 1.165) is 35.9 Å². The van der Waals surface area contributed by atoms with E-state index in [0.29, 0.717) is 19.6 Å². The van der Waals surface area contributed by atoms with Crippen molar-refractivity contribution in [3.8, 4) is 5.75 Å². The fourth-order valence-corrected chi connectivity index (χ4v) is 2.90. The first kappa shape index (κ1) is 18.8. The van der Waals surface area contributed by atoms with Crippen LogP contribution in [0.15, 0.2) is 47.5 Å². The summed E-state index contributed by atoms with van der Waals surface area (Å²) < 4.78 is 5.81. The van der Waals surface area contributed by atoms with Gasteiger partial charge in [-0.15, -0.1) is 0 Å². The molecule has 6 nitrogen and oxygen atoms in total. The molecular formula is C21H26N4O2. The van der Waals surface area contributed by atoms with E-state index in [4.69, 9.17) is 4.74 Å². The molecule has 2 aromatic carbocycles. The van der Waals surface area contributed by atoms with E-state index in [1.165, 1.54) is 11.1 Å². The highest BCUT2D eigenvalue weighted by Gasteiger charge is 2.14. The monoisotopic (exact) mass is 366 g/mol. The van der Waals surface area contributed by atoms with Crippen LogP contribution >= 0.6 is 0 Å². The summed E-state index contributed by atoms with van der Waals surface area (Å²) in [5, 5.41) is 9.41. The Morgan fingerprint density at radius 2 is 1.96 bits per heavy atom. The summed E-state index contributed by atoms with van der Waals surface area (Å²) in [6, 6.07) is 14.2. The lowest BCUT2D eigenvalue weighted by Crippen LogP contribution is -2.38. The standard InChI is InChI=1S/C21H26N4O2/c1-15-3-5-16(6-4-15)14-24-21(22-2)23-11-12-27-18-8-9-19-17(13-18)7-10-20(26)25-19/h3-6,8-9,13H,7,10-12,14H2,1-2H3,(H,25,26)(H2,22,23,24). The number of ether oxygens (including phenoxy) is 1. The summed E-state index contributed by atoms with van der Waals surface area (Å²) in [7, 11) is 1.75. The molecule has 0 radical (unpaired) electrons. The molecule has 27 heavy (non-hydrogen) atoms. The number of hydrogen-bond donors (Lipinski definition) is 3. The highest BCUT2D eigenvalue weighted by atomic mass is 16.5. The van der Waals surface area contributed by atoms with Crippen molar-refractivity contribution in [1.29, 1.82) is 0 Å². The second kappa shape index (κ2) is 9.07. The van der Waals surface area contributed by atoms with E-state index in [-0.39, 0.29) is 5.91 Å². The maximum atomic E-state index is 11.4. The molecule has 1 heterocycles. The zero-order chi connectivity index (χ0) is 19.1. The van der Waals surface area contributed by atoms with Gasteiger partial charge in [0.05, 0.1) is 6.54 Å². The summed E-state index contributed by atoms with van der Waals surface area (Å²) in [6.07, 6.45) is 1.28. The van der Waals surface area contributed by atoms with Crippen LogP contribution in [0.4, 0.5) is 5.69 Å². The van der Waals surface area contributed by atoms with Crippen molar-refractivity contribution in [3.05, 3.63) is 59.2 Å². The van der Waals surface area contributed by atoms with Crippen LogP contribution in [0.2, 0.25) is 0 Å². The number of carbonyl (C=O) groups is 1. The van der Waals surface area contributed by atoms with Crippen molar-refractivity contribution in [2.45, 2.75) is 26.3 Å². The minimum absolute atomic E-state index is 0.0740. The number of amides is 1. The molecule has 0 unspecified atom stereocenters. The van der Waals surface area contributed by atoms with Crippen LogP contribution in [-0.2, 0) is 17.8 Å². The van der Waals surface area contributed by atoms with E-state index in [1.807, 2.05) is 18.2 Å². The SMILES string of the molecule is CN=C(NCCOc1ccc2c(c1)CCC(=O)N2)NCc1ccc(C)cc1. The summed E-state index contributed by atoms with van der Waals surface area (Å²) in [5.41, 5.74) is 4.47. The average Bonchev–Trinajstić information content (AvgIpc) is 2.68. The van der Waals surface area contributed by atoms with Gasteiger partial charge in [-0.2, -0.15) is 0 Å². The normalized spacial score (nSPS) is 13.6. The molecule has 0 aliphatic carbocycles. The largest absolute Gasteiger partial charge is 0.492 e. The molecule has 0 saturated heterocycles. The second-order valence-electron chi connectivity index (χ2n) is 6.55. The fourth-order valence-electron chi connectivity index (χ4n) is 2.90. The van der Waals surface area contributed by atoms with Crippen molar-refractivity contribution in [3.63, 3.8) is 0 Å². The molecule has 6 heteroatoms. The predicted octanol–water partition coefficient (Wildman–Crippen LogP) is 2.62. The van der Waals surface area contributed by atoms with Gasteiger partial charge in [-0.25, -0.2) is 0 Å². The van der Waals surface area contributed by atoms with Crippen molar-refractivity contribution < 1.29 is 9.53 Å². The molecule has 0 fully saturated rings. The maximum Gasteiger partial charge on any atom is 0.224 e. The Balaban J connectivity index is 1.41. The van der Waals surface area contributed by atoms with Crippen molar-refractivity contribution in [1.82, 2.24) is 10.6 Å². The van der Waals surface area contributed by atoms with E-state index >= 15 is 0 Å². The molecule has 3 rings (SSSR count). The second-order valence-corrected chi connectivity index (χ2v) is 6.55. The molecule has 142 valence electrons. The Morgan fingerprint density at radius 1 is 1.15 bits per heavy atom. The van der Waals surface area contributed by atoms with Crippen molar-refractivity contribution in [2.24, 2.45) is 4.99 Å². The zero-order valence-corrected chi connectivity index (χ0v) is 15.8. The van der Waals surface area contributed by atoms with Crippen LogP contribution in [0.3, 0.4) is 0 Å². The lowest BCUT2D eigenvalue weighted by atomic mass is 10.0. The Bertz CT molecular complexity index is 815. The molecule has 0 atom stereocenters. The Labute approximate surface area is 160 Å². The minimum Gasteiger partial charge on any atom is -0.492 e. The third-order valence-corrected chi connectivity index (χ3v) is 4.44. The van der Waals surface area contributed by atoms with Gasteiger partial charge in [-0.05, 0) is 42.7 Å². The smallest absolute Gasteiger partial charge is 0.224 e. The highest BCUT2D eigenvalue weighted by molar-refractivity contribution is 5.94. The van der Waals surface area contributed by atoms with E-state index in [2.05, 4.69) is 52.1 Å². The molecule has 0 spiro atoms. The van der Waals surface area contributed by atoms with Crippen LogP contribution in [0, 0.1) is 6.92 Å². The van der Waals surface area contributed by atoms with Gasteiger partial charge in [0.1, 0.15) is 12.4 Å². The lowest BCUT2D eigenvalue weighted by molar-refractivity contribution is -0.116. The Kier molecular flexibility index (Phi) is 6.30. The van der Waals surface area contributed by atoms with Crippen molar-refractivity contribution >= 4 is 17.6 Å². The zero-order valence-electron chi connectivity index (χ0n) is 15.8. The van der Waals surface area contributed by atoms with E-state index < -0.39 is 0 Å². The Hall–Kier alpha value is -3.02. The van der Waals surface area contributed by atoms with E-state index in [9.17, 15) is 4.79 Å². The lowest BCUT2D eigenvalue weighted by Gasteiger charge is -2.18. The van der Waals surface area contributed by atoms with Gasteiger partial charge in [0, 0.05) is 25.7 Å². The molecule has 1 aliphatic rings. The molecule has 1 amide bonds. The molecule has 2 aromatic rings. The van der Waals surface area contributed by atoms with E-state index in [1.54, 1.807) is 7.05 Å². The fraction of sp³-hybridized carbons (Fsp3) is 0.333. The third-order valence-electron chi connectivity index (χ3n) is 4.44. The predicted molar refractivity (Wildman–Crippen MR) is 108 cm³/mol. The molecule has 3 N–H and O–H groups in total. The van der Waals surface area contributed by atoms with Gasteiger partial charge >= 0.3 is 0 Å². The number of rotatable bonds is 6. The summed E-state index contributed by atoms with van der Waals surface area (Å²) in [6.45, 7) is 3.96. The average molecular weight is 366 g/mol. The maximum absolute atomic E-state index is 11.4. The number of nitrogens with zero attached hydrogens (tertiary/aromatic N) is 1. The number of aryl methyl sites for hydroxylation is 2. The number of aliphatic imine (C=N–C) groups is 1. The van der Waals surface area contributed by atoms with Crippen LogP contribution < -0.4 is 20.7 Å². The van der Waals surface area contributed by atoms with Crippen molar-refractivity contribution in [2.75, 3.05) is 25.5 Å². The number of guanidine groups is 1. The van der Waals surface area contributed by atoms with Gasteiger partial charge in [-0.1, -0.05) is 29.8 Å². The highest BCUT2D eigenvalue weighted by Crippen LogP contribution is 2.26. The van der Waals surface area contributed by atoms with Gasteiger partial charge in [0.25, 0.3) is 0 Å². The number of benzene rings is 2. The summed E-state index contributed by atoms with van der Waals surface area (Å²) >= 11 is 0. The third kappa shape index (κ3) is 5.48. The van der Waals surface area contributed by atoms with Gasteiger partial charge in [-0.3, -0.25) is 9.79 Å². The van der Waals surface area contributed by atoms with Gasteiger partial charge < -0.3 is 20.7 Å². The van der Waals surface area contributed by atoms with Crippen LogP contribution in [0.1, 0.15) is 23.1 Å². The van der Waals surface area contributed by atoms with Crippen LogP contribution in [-0.4, -0.2) is 32.1 Å². The number of hydrogen-bond acceptors (Lipinski definition) is 3. The molecule has 0 saturated carbocycles. The molecular weight excluding hydrogens is 340 g/mol. The van der Waals surface area contributed by atoms with Crippen LogP contribution in [0.5, 0.6) is 5.75 Å². The molecule has 0 bridgehead atoms. The quantitative estimate of drug-likeness (QED) is 0.417. The minimum atomic E-state index is 0.0740. The van der Waals surface area contributed by atoms with Crippen LogP contribution in [0.25, 0.3) is 0 Å². The first-order valence-electron chi connectivity index (χ1n) is 9.19.